The predicted molar refractivity (Wildman–Crippen MR) is 73.4 cm³/mol. The molecule has 0 saturated carbocycles. The summed E-state index contributed by atoms with van der Waals surface area (Å²) >= 11 is 1.51. The SMILES string of the molecule is CCCc1noc(C(C)OC(=O)Cc2csc(C)n2)n1. The van der Waals surface area contributed by atoms with Crippen molar-refractivity contribution in [3.63, 3.8) is 0 Å². The Labute approximate surface area is 121 Å². The fourth-order valence-corrected chi connectivity index (χ4v) is 2.30. The Morgan fingerprint density at radius 2 is 2.30 bits per heavy atom. The molecular weight excluding hydrogens is 278 g/mol. The quantitative estimate of drug-likeness (QED) is 0.762. The zero-order chi connectivity index (χ0) is 14.5. The van der Waals surface area contributed by atoms with Gasteiger partial charge < -0.3 is 9.26 Å². The van der Waals surface area contributed by atoms with Gasteiger partial charge in [-0.15, -0.1) is 11.3 Å². The van der Waals surface area contributed by atoms with E-state index in [1.54, 1.807) is 6.92 Å². The fraction of sp³-hybridized carbons (Fsp3) is 0.538. The highest BCUT2D eigenvalue weighted by molar-refractivity contribution is 7.09. The van der Waals surface area contributed by atoms with Gasteiger partial charge in [0, 0.05) is 11.8 Å². The Kier molecular flexibility index (Phi) is 4.84. The van der Waals surface area contributed by atoms with Crippen molar-refractivity contribution < 1.29 is 14.1 Å². The van der Waals surface area contributed by atoms with Gasteiger partial charge in [0.15, 0.2) is 11.9 Å². The summed E-state index contributed by atoms with van der Waals surface area (Å²) in [5, 5.41) is 6.62. The number of ether oxygens (including phenoxy) is 1. The van der Waals surface area contributed by atoms with E-state index in [-0.39, 0.29) is 12.4 Å². The number of rotatable bonds is 6. The smallest absolute Gasteiger partial charge is 0.312 e. The minimum Gasteiger partial charge on any atom is -0.452 e. The van der Waals surface area contributed by atoms with Crippen LogP contribution >= 0.6 is 11.3 Å². The summed E-state index contributed by atoms with van der Waals surface area (Å²) in [5.74, 6) is 0.620. The van der Waals surface area contributed by atoms with Crippen LogP contribution in [0.15, 0.2) is 9.90 Å². The number of aryl methyl sites for hydroxylation is 2. The normalized spacial score (nSPS) is 12.3. The van der Waals surface area contributed by atoms with Crippen LogP contribution in [0.4, 0.5) is 0 Å². The zero-order valence-electron chi connectivity index (χ0n) is 11.8. The molecule has 2 aromatic heterocycles. The van der Waals surface area contributed by atoms with Gasteiger partial charge >= 0.3 is 5.97 Å². The number of hydrogen-bond acceptors (Lipinski definition) is 7. The van der Waals surface area contributed by atoms with Crippen LogP contribution in [-0.4, -0.2) is 21.1 Å². The Bertz CT molecular complexity index is 579. The number of carbonyl (C=O) groups excluding carboxylic acids is 1. The van der Waals surface area contributed by atoms with Crippen LogP contribution < -0.4 is 0 Å². The minimum absolute atomic E-state index is 0.157. The van der Waals surface area contributed by atoms with Crippen LogP contribution in [0.5, 0.6) is 0 Å². The summed E-state index contributed by atoms with van der Waals surface area (Å²) in [6.45, 7) is 5.65. The van der Waals surface area contributed by atoms with Crippen molar-refractivity contribution in [2.24, 2.45) is 0 Å². The van der Waals surface area contributed by atoms with E-state index < -0.39 is 6.10 Å². The molecule has 1 unspecified atom stereocenters. The van der Waals surface area contributed by atoms with Crippen molar-refractivity contribution in [2.75, 3.05) is 0 Å². The molecule has 0 aliphatic carbocycles. The summed E-state index contributed by atoms with van der Waals surface area (Å²) < 4.78 is 10.4. The molecule has 0 radical (unpaired) electrons. The largest absolute Gasteiger partial charge is 0.452 e. The predicted octanol–water partition coefficient (Wildman–Crippen LogP) is 2.63. The fourth-order valence-electron chi connectivity index (χ4n) is 1.68. The van der Waals surface area contributed by atoms with E-state index in [1.165, 1.54) is 11.3 Å². The molecule has 0 aromatic carbocycles. The molecular formula is C13H17N3O3S. The number of carbonyl (C=O) groups is 1. The van der Waals surface area contributed by atoms with Crippen LogP contribution in [0.25, 0.3) is 0 Å². The number of nitrogens with zero attached hydrogens (tertiary/aromatic N) is 3. The highest BCUT2D eigenvalue weighted by atomic mass is 32.1. The van der Waals surface area contributed by atoms with Crippen LogP contribution in [-0.2, 0) is 22.4 Å². The van der Waals surface area contributed by atoms with Crippen molar-refractivity contribution in [2.45, 2.75) is 46.1 Å². The summed E-state index contributed by atoms with van der Waals surface area (Å²) in [5.41, 5.74) is 0.724. The lowest BCUT2D eigenvalue weighted by Crippen LogP contribution is -2.12. The Morgan fingerprint density at radius 3 is 2.95 bits per heavy atom. The van der Waals surface area contributed by atoms with Crippen LogP contribution in [0.3, 0.4) is 0 Å². The molecule has 2 heterocycles. The molecule has 0 saturated heterocycles. The van der Waals surface area contributed by atoms with Crippen molar-refractivity contribution in [3.8, 4) is 0 Å². The number of esters is 1. The van der Waals surface area contributed by atoms with Gasteiger partial charge in [-0.2, -0.15) is 4.98 Å². The highest BCUT2D eigenvalue weighted by Gasteiger charge is 2.19. The molecule has 0 amide bonds. The lowest BCUT2D eigenvalue weighted by atomic mass is 10.3. The van der Waals surface area contributed by atoms with E-state index in [9.17, 15) is 4.79 Å². The van der Waals surface area contributed by atoms with Crippen molar-refractivity contribution >= 4 is 17.3 Å². The van der Waals surface area contributed by atoms with Gasteiger partial charge in [0.25, 0.3) is 5.89 Å². The van der Waals surface area contributed by atoms with E-state index in [1.807, 2.05) is 19.2 Å². The molecule has 108 valence electrons. The minimum atomic E-state index is -0.541. The average molecular weight is 295 g/mol. The monoisotopic (exact) mass is 295 g/mol. The summed E-state index contributed by atoms with van der Waals surface area (Å²) in [7, 11) is 0. The molecule has 0 aliphatic heterocycles. The zero-order valence-corrected chi connectivity index (χ0v) is 12.6. The Balaban J connectivity index is 1.89. The standard InChI is InChI=1S/C13H17N3O3S/c1-4-5-11-15-13(19-16-11)8(2)18-12(17)6-10-7-20-9(3)14-10/h7-8H,4-6H2,1-3H3. The summed E-state index contributed by atoms with van der Waals surface area (Å²) in [4.78, 5) is 20.2. The van der Waals surface area contributed by atoms with Gasteiger partial charge in [0.2, 0.25) is 0 Å². The van der Waals surface area contributed by atoms with Gasteiger partial charge in [0.1, 0.15) is 0 Å². The van der Waals surface area contributed by atoms with Gasteiger partial charge in [-0.05, 0) is 20.3 Å². The van der Waals surface area contributed by atoms with Crippen molar-refractivity contribution in [1.29, 1.82) is 0 Å². The lowest BCUT2D eigenvalue weighted by molar-refractivity contribution is -0.149. The highest BCUT2D eigenvalue weighted by Crippen LogP contribution is 2.16. The molecule has 0 aliphatic rings. The van der Waals surface area contributed by atoms with E-state index in [4.69, 9.17) is 9.26 Å². The van der Waals surface area contributed by atoms with Gasteiger partial charge in [0.05, 0.1) is 17.1 Å². The van der Waals surface area contributed by atoms with Gasteiger partial charge in [-0.3, -0.25) is 4.79 Å². The molecule has 20 heavy (non-hydrogen) atoms. The number of thiazole rings is 1. The van der Waals surface area contributed by atoms with E-state index in [0.29, 0.717) is 11.7 Å². The second kappa shape index (κ2) is 6.60. The maximum Gasteiger partial charge on any atom is 0.312 e. The first-order valence-electron chi connectivity index (χ1n) is 6.51. The van der Waals surface area contributed by atoms with Crippen molar-refractivity contribution in [3.05, 3.63) is 27.8 Å². The molecule has 0 bridgehead atoms. The Hall–Kier alpha value is -1.76. The van der Waals surface area contributed by atoms with Crippen molar-refractivity contribution in [1.82, 2.24) is 15.1 Å². The molecule has 2 aromatic rings. The molecule has 0 N–H and O–H groups in total. The van der Waals surface area contributed by atoms with E-state index >= 15 is 0 Å². The van der Waals surface area contributed by atoms with Crippen LogP contribution in [0, 0.1) is 6.92 Å². The maximum atomic E-state index is 11.8. The second-order valence-corrected chi connectivity index (χ2v) is 5.53. The number of aromatic nitrogens is 3. The topological polar surface area (TPSA) is 78.1 Å². The van der Waals surface area contributed by atoms with E-state index in [0.717, 1.165) is 23.5 Å². The number of hydrogen-bond donors (Lipinski definition) is 0. The molecule has 7 heteroatoms. The van der Waals surface area contributed by atoms with Gasteiger partial charge in [-0.25, -0.2) is 4.98 Å². The summed E-state index contributed by atoms with van der Waals surface area (Å²) in [6, 6.07) is 0. The first kappa shape index (κ1) is 14.6. The first-order valence-corrected chi connectivity index (χ1v) is 7.39. The lowest BCUT2D eigenvalue weighted by Gasteiger charge is -2.07. The van der Waals surface area contributed by atoms with E-state index in [2.05, 4.69) is 15.1 Å². The molecule has 6 nitrogen and oxygen atoms in total. The maximum absolute atomic E-state index is 11.8. The van der Waals surface area contributed by atoms with Gasteiger partial charge in [-0.1, -0.05) is 12.1 Å². The third-order valence-electron chi connectivity index (χ3n) is 2.61. The van der Waals surface area contributed by atoms with Crippen LogP contribution in [0.1, 0.15) is 48.8 Å². The van der Waals surface area contributed by atoms with Crippen LogP contribution in [0.2, 0.25) is 0 Å². The second-order valence-electron chi connectivity index (χ2n) is 4.47. The summed E-state index contributed by atoms with van der Waals surface area (Å²) in [6.07, 6.45) is 1.31. The first-order chi connectivity index (χ1) is 9.58. The average Bonchev–Trinajstić information content (AvgIpc) is 2.99. The molecule has 2 rings (SSSR count). The molecule has 0 spiro atoms. The molecule has 1 atom stereocenters. The molecule has 0 fully saturated rings. The third-order valence-corrected chi connectivity index (χ3v) is 3.43. The Morgan fingerprint density at radius 1 is 1.50 bits per heavy atom. The third kappa shape index (κ3) is 3.86.